The van der Waals surface area contributed by atoms with E-state index in [0.717, 1.165) is 18.0 Å². The molecule has 4 aromatic rings. The van der Waals surface area contributed by atoms with Crippen molar-refractivity contribution in [3.05, 3.63) is 65.2 Å². The van der Waals surface area contributed by atoms with E-state index in [1.165, 1.54) is 59.0 Å². The third kappa shape index (κ3) is 3.27. The number of thiophene rings is 1. The molecule has 4 heteroatoms. The van der Waals surface area contributed by atoms with Crippen molar-refractivity contribution in [2.45, 2.75) is 25.8 Å². The van der Waals surface area contributed by atoms with Gasteiger partial charge in [0, 0.05) is 23.2 Å². The zero-order valence-electron chi connectivity index (χ0n) is 14.8. The van der Waals surface area contributed by atoms with Gasteiger partial charge in [-0.15, -0.1) is 11.3 Å². The van der Waals surface area contributed by atoms with E-state index in [1.807, 2.05) is 17.5 Å². The van der Waals surface area contributed by atoms with E-state index in [-0.39, 0.29) is 0 Å². The average Bonchev–Trinajstić information content (AvgIpc) is 3.30. The topological polar surface area (TPSA) is 31.9 Å². The maximum absolute atomic E-state index is 4.13. The largest absolute Gasteiger partial charge is 0.299 e. The molecule has 0 amide bonds. The van der Waals surface area contributed by atoms with E-state index in [9.17, 15) is 0 Å². The molecule has 132 valence electrons. The first-order valence-corrected chi connectivity index (χ1v) is 10.3. The highest BCUT2D eigenvalue weighted by atomic mass is 32.1. The molecule has 5 rings (SSSR count). The van der Waals surface area contributed by atoms with Gasteiger partial charge in [-0.1, -0.05) is 12.1 Å². The Bertz CT molecular complexity index is 950. The predicted octanol–water partition coefficient (Wildman–Crippen LogP) is 5.23. The second-order valence-corrected chi connectivity index (χ2v) is 8.48. The number of likely N-dealkylation sites (tertiary alicyclic amines) is 1. The van der Waals surface area contributed by atoms with E-state index in [1.54, 1.807) is 0 Å². The number of aromatic nitrogens is 2. The Balaban J connectivity index is 1.26. The van der Waals surface area contributed by atoms with Crippen molar-refractivity contribution in [2.75, 3.05) is 13.1 Å². The molecule has 0 bridgehead atoms. The molecule has 1 saturated heterocycles. The maximum Gasteiger partial charge on any atom is 0.0650 e. The quantitative estimate of drug-likeness (QED) is 0.539. The summed E-state index contributed by atoms with van der Waals surface area (Å²) in [5.41, 5.74) is 4.00. The average molecular weight is 362 g/mol. The van der Waals surface area contributed by atoms with Crippen LogP contribution in [0.4, 0.5) is 0 Å². The summed E-state index contributed by atoms with van der Waals surface area (Å²) in [5, 5.41) is 12.0. The number of hydrogen-bond donors (Lipinski definition) is 1. The van der Waals surface area contributed by atoms with Crippen LogP contribution in [0.2, 0.25) is 0 Å². The van der Waals surface area contributed by atoms with Gasteiger partial charge in [-0.25, -0.2) is 0 Å². The third-order valence-electron chi connectivity index (χ3n) is 5.56. The summed E-state index contributed by atoms with van der Waals surface area (Å²) in [6.45, 7) is 3.49. The first kappa shape index (κ1) is 16.0. The molecule has 3 heterocycles. The number of benzene rings is 2. The van der Waals surface area contributed by atoms with Crippen molar-refractivity contribution < 1.29 is 0 Å². The molecule has 2 aromatic carbocycles. The summed E-state index contributed by atoms with van der Waals surface area (Å²) in [4.78, 5) is 2.64. The second kappa shape index (κ2) is 6.86. The van der Waals surface area contributed by atoms with Crippen molar-refractivity contribution in [3.63, 3.8) is 0 Å². The molecule has 0 radical (unpaired) electrons. The fraction of sp³-hybridized carbons (Fsp3) is 0.318. The molecule has 1 aliphatic heterocycles. The Morgan fingerprint density at radius 1 is 1.08 bits per heavy atom. The summed E-state index contributed by atoms with van der Waals surface area (Å²) in [6.07, 6.45) is 5.73. The summed E-state index contributed by atoms with van der Waals surface area (Å²) < 4.78 is 1.39. The summed E-state index contributed by atoms with van der Waals surface area (Å²) >= 11 is 1.82. The minimum atomic E-state index is 0.748. The zero-order valence-corrected chi connectivity index (χ0v) is 15.6. The van der Waals surface area contributed by atoms with Gasteiger partial charge in [-0.05, 0) is 84.0 Å². The Morgan fingerprint density at radius 2 is 2.00 bits per heavy atom. The SMILES string of the molecule is c1cc2cc(CN3CCC[C@@H](Cc4ccc5[nH]ncc5c4)C3)ccc2s1. The zero-order chi connectivity index (χ0) is 17.3. The number of aromatic amines is 1. The first-order chi connectivity index (χ1) is 12.8. The van der Waals surface area contributed by atoms with E-state index in [2.05, 4.69) is 62.9 Å². The van der Waals surface area contributed by atoms with Crippen molar-refractivity contribution >= 4 is 32.3 Å². The van der Waals surface area contributed by atoms with Crippen molar-refractivity contribution in [1.82, 2.24) is 15.1 Å². The van der Waals surface area contributed by atoms with Gasteiger partial charge in [0.2, 0.25) is 0 Å². The Morgan fingerprint density at radius 3 is 3.00 bits per heavy atom. The van der Waals surface area contributed by atoms with Crippen LogP contribution in [0.15, 0.2) is 54.0 Å². The Labute approximate surface area is 157 Å². The van der Waals surface area contributed by atoms with Crippen molar-refractivity contribution in [3.8, 4) is 0 Å². The summed E-state index contributed by atoms with van der Waals surface area (Å²) in [5.74, 6) is 0.748. The summed E-state index contributed by atoms with van der Waals surface area (Å²) in [6, 6.07) is 15.9. The van der Waals surface area contributed by atoms with Gasteiger partial charge in [0.05, 0.1) is 11.7 Å². The molecule has 26 heavy (non-hydrogen) atoms. The lowest BCUT2D eigenvalue weighted by atomic mass is 9.90. The normalized spacial score (nSPS) is 18.7. The van der Waals surface area contributed by atoms with Crippen LogP contribution >= 0.6 is 11.3 Å². The van der Waals surface area contributed by atoms with Crippen LogP contribution in [0.25, 0.3) is 21.0 Å². The minimum Gasteiger partial charge on any atom is -0.299 e. The number of hydrogen-bond acceptors (Lipinski definition) is 3. The predicted molar refractivity (Wildman–Crippen MR) is 110 cm³/mol. The second-order valence-electron chi connectivity index (χ2n) is 7.53. The highest BCUT2D eigenvalue weighted by Gasteiger charge is 2.20. The van der Waals surface area contributed by atoms with E-state index >= 15 is 0 Å². The monoisotopic (exact) mass is 361 g/mol. The molecule has 0 aliphatic carbocycles. The molecule has 0 spiro atoms. The fourth-order valence-electron chi connectivity index (χ4n) is 4.29. The van der Waals surface area contributed by atoms with Gasteiger partial charge < -0.3 is 0 Å². The fourth-order valence-corrected chi connectivity index (χ4v) is 5.06. The lowest BCUT2D eigenvalue weighted by Crippen LogP contribution is -2.35. The molecule has 1 atom stereocenters. The molecule has 0 saturated carbocycles. The van der Waals surface area contributed by atoms with Crippen molar-refractivity contribution in [1.29, 1.82) is 0 Å². The Hall–Kier alpha value is -2.17. The minimum absolute atomic E-state index is 0.748. The number of nitrogens with zero attached hydrogens (tertiary/aromatic N) is 2. The number of H-pyrrole nitrogens is 1. The van der Waals surface area contributed by atoms with Crippen LogP contribution in [-0.2, 0) is 13.0 Å². The molecule has 0 unspecified atom stereocenters. The first-order valence-electron chi connectivity index (χ1n) is 9.44. The number of fused-ring (bicyclic) bond motifs is 2. The van der Waals surface area contributed by atoms with E-state index < -0.39 is 0 Å². The number of rotatable bonds is 4. The molecular formula is C22H23N3S. The van der Waals surface area contributed by atoms with Crippen LogP contribution in [0.3, 0.4) is 0 Å². The van der Waals surface area contributed by atoms with E-state index in [0.29, 0.717) is 0 Å². The number of nitrogens with one attached hydrogen (secondary N) is 1. The van der Waals surface area contributed by atoms with E-state index in [4.69, 9.17) is 0 Å². The summed E-state index contributed by atoms with van der Waals surface area (Å²) in [7, 11) is 0. The molecule has 3 nitrogen and oxygen atoms in total. The van der Waals surface area contributed by atoms with Gasteiger partial charge in [-0.3, -0.25) is 10.00 Å². The van der Waals surface area contributed by atoms with Gasteiger partial charge >= 0.3 is 0 Å². The molecule has 1 N–H and O–H groups in total. The van der Waals surface area contributed by atoms with Crippen LogP contribution in [0.1, 0.15) is 24.0 Å². The van der Waals surface area contributed by atoms with Crippen LogP contribution in [0.5, 0.6) is 0 Å². The lowest BCUT2D eigenvalue weighted by molar-refractivity contribution is 0.167. The molecule has 1 fully saturated rings. The lowest BCUT2D eigenvalue weighted by Gasteiger charge is -2.33. The standard InChI is InChI=1S/C22H23N3S/c1-2-17(10-16-3-5-21-20(11-16)13-23-24-21)14-25(8-1)15-18-4-6-22-19(12-18)7-9-26-22/h3-7,9,11-13,17H,1-2,8,10,14-15H2,(H,23,24)/t17-/m0/s1. The highest BCUT2D eigenvalue weighted by molar-refractivity contribution is 7.17. The van der Waals surface area contributed by atoms with Gasteiger partial charge in [0.15, 0.2) is 0 Å². The maximum atomic E-state index is 4.13. The molecule has 2 aromatic heterocycles. The number of piperidine rings is 1. The van der Waals surface area contributed by atoms with Gasteiger partial charge in [0.25, 0.3) is 0 Å². The highest BCUT2D eigenvalue weighted by Crippen LogP contribution is 2.26. The smallest absolute Gasteiger partial charge is 0.0650 e. The molecule has 1 aliphatic rings. The van der Waals surface area contributed by atoms with Crippen LogP contribution in [-0.4, -0.2) is 28.2 Å². The van der Waals surface area contributed by atoms with Crippen molar-refractivity contribution in [2.24, 2.45) is 5.92 Å². The van der Waals surface area contributed by atoms with Crippen LogP contribution < -0.4 is 0 Å². The third-order valence-corrected chi connectivity index (χ3v) is 6.45. The van der Waals surface area contributed by atoms with Gasteiger partial charge in [0.1, 0.15) is 0 Å². The van der Waals surface area contributed by atoms with Gasteiger partial charge in [-0.2, -0.15) is 5.10 Å². The Kier molecular flexibility index (Phi) is 4.23. The van der Waals surface area contributed by atoms with Crippen LogP contribution in [0, 0.1) is 5.92 Å². The molecular weight excluding hydrogens is 338 g/mol.